The van der Waals surface area contributed by atoms with E-state index in [9.17, 15) is 4.39 Å². The molecule has 82 valence electrons. The van der Waals surface area contributed by atoms with Crippen LogP contribution in [0.15, 0.2) is 36.7 Å². The maximum atomic E-state index is 12.9. The molecule has 0 atom stereocenters. The normalized spacial score (nSPS) is 11.1. The fourth-order valence-electron chi connectivity index (χ4n) is 1.46. The summed E-state index contributed by atoms with van der Waals surface area (Å²) in [6, 6.07) is 7.17. The van der Waals surface area contributed by atoms with Gasteiger partial charge < -0.3 is 4.74 Å². The van der Waals surface area contributed by atoms with E-state index < -0.39 is 5.95 Å². The van der Waals surface area contributed by atoms with Gasteiger partial charge >= 0.3 is 0 Å². The predicted octanol–water partition coefficient (Wildman–Crippen LogP) is 3.38. The Morgan fingerprint density at radius 3 is 3.00 bits per heavy atom. The summed E-state index contributed by atoms with van der Waals surface area (Å²) in [5, 5.41) is 1.76. The molecule has 2 rings (SSSR count). The average molecular weight is 217 g/mol. The second-order valence-corrected chi connectivity index (χ2v) is 3.37. The number of rotatable bonds is 3. The second kappa shape index (κ2) is 4.75. The van der Waals surface area contributed by atoms with E-state index in [-0.39, 0.29) is 0 Å². The topological polar surface area (TPSA) is 22.1 Å². The number of benzene rings is 1. The van der Waals surface area contributed by atoms with Crippen molar-refractivity contribution in [3.05, 3.63) is 48.2 Å². The Hall–Kier alpha value is -1.90. The Morgan fingerprint density at radius 1 is 1.31 bits per heavy atom. The molecule has 0 spiro atoms. The van der Waals surface area contributed by atoms with Crippen molar-refractivity contribution in [3.8, 4) is 0 Å². The van der Waals surface area contributed by atoms with Gasteiger partial charge in [-0.2, -0.15) is 4.39 Å². The fraction of sp³-hybridized carbons (Fsp3) is 0.154. The lowest BCUT2D eigenvalue weighted by molar-refractivity contribution is 0.272. The highest BCUT2D eigenvalue weighted by molar-refractivity contribution is 5.83. The van der Waals surface area contributed by atoms with E-state index in [0.29, 0.717) is 6.61 Å². The van der Waals surface area contributed by atoms with Crippen LogP contribution in [0.3, 0.4) is 0 Å². The van der Waals surface area contributed by atoms with Crippen LogP contribution < -0.4 is 0 Å². The van der Waals surface area contributed by atoms with Crippen LogP contribution in [0.2, 0.25) is 0 Å². The van der Waals surface area contributed by atoms with Crippen LogP contribution in [0.25, 0.3) is 16.8 Å². The lowest BCUT2D eigenvalue weighted by atomic mass is 10.1. The van der Waals surface area contributed by atoms with Crippen LogP contribution in [0.4, 0.5) is 4.39 Å². The summed E-state index contributed by atoms with van der Waals surface area (Å²) in [5.41, 5.74) is 0.978. The largest absolute Gasteiger partial charge is 0.501 e. The monoisotopic (exact) mass is 217 g/mol. The van der Waals surface area contributed by atoms with Crippen molar-refractivity contribution >= 4 is 16.8 Å². The molecule has 3 heteroatoms. The number of pyridine rings is 1. The van der Waals surface area contributed by atoms with E-state index >= 15 is 0 Å². The zero-order chi connectivity index (χ0) is 11.4. The first-order valence-corrected chi connectivity index (χ1v) is 5.13. The Labute approximate surface area is 93.4 Å². The van der Waals surface area contributed by atoms with Crippen LogP contribution in [-0.4, -0.2) is 11.6 Å². The van der Waals surface area contributed by atoms with E-state index in [1.165, 1.54) is 12.3 Å². The van der Waals surface area contributed by atoms with E-state index in [0.717, 1.165) is 16.3 Å². The first-order valence-electron chi connectivity index (χ1n) is 5.13. The molecule has 0 aliphatic heterocycles. The molecule has 2 nitrogen and oxygen atoms in total. The molecular weight excluding hydrogens is 205 g/mol. The molecule has 0 saturated heterocycles. The van der Waals surface area contributed by atoms with E-state index in [1.807, 2.05) is 31.2 Å². The molecule has 0 bridgehead atoms. The minimum atomic E-state index is -0.460. The summed E-state index contributed by atoms with van der Waals surface area (Å²) < 4.78 is 18.0. The molecule has 0 amide bonds. The minimum absolute atomic E-state index is 0.460. The second-order valence-electron chi connectivity index (χ2n) is 3.37. The van der Waals surface area contributed by atoms with Gasteiger partial charge in [0.15, 0.2) is 0 Å². The smallest absolute Gasteiger partial charge is 0.213 e. The fourth-order valence-corrected chi connectivity index (χ4v) is 1.46. The minimum Gasteiger partial charge on any atom is -0.501 e. The third kappa shape index (κ3) is 2.37. The van der Waals surface area contributed by atoms with Crippen LogP contribution in [0, 0.1) is 5.95 Å². The zero-order valence-corrected chi connectivity index (χ0v) is 8.98. The summed E-state index contributed by atoms with van der Waals surface area (Å²) in [4.78, 5) is 3.60. The quantitative estimate of drug-likeness (QED) is 0.580. The molecule has 0 unspecified atom stereocenters. The number of ether oxygens (including phenoxy) is 1. The summed E-state index contributed by atoms with van der Waals surface area (Å²) in [6.45, 7) is 2.56. The highest BCUT2D eigenvalue weighted by atomic mass is 19.1. The van der Waals surface area contributed by atoms with Gasteiger partial charge in [-0.25, -0.2) is 4.98 Å². The average Bonchev–Trinajstić information content (AvgIpc) is 2.29. The summed E-state index contributed by atoms with van der Waals surface area (Å²) >= 11 is 0. The van der Waals surface area contributed by atoms with Crippen LogP contribution in [0.5, 0.6) is 0 Å². The third-order valence-corrected chi connectivity index (χ3v) is 2.24. The molecule has 0 aliphatic rings. The van der Waals surface area contributed by atoms with Gasteiger partial charge in [-0.05, 0) is 30.0 Å². The van der Waals surface area contributed by atoms with Crippen LogP contribution in [-0.2, 0) is 4.74 Å². The predicted molar refractivity (Wildman–Crippen MR) is 62.4 cm³/mol. The van der Waals surface area contributed by atoms with Gasteiger partial charge in [0.05, 0.1) is 12.9 Å². The molecule has 1 heterocycles. The number of hydrogen-bond acceptors (Lipinski definition) is 2. The molecule has 0 saturated carbocycles. The zero-order valence-electron chi connectivity index (χ0n) is 8.98. The highest BCUT2D eigenvalue weighted by Crippen LogP contribution is 2.16. The Morgan fingerprint density at radius 2 is 2.19 bits per heavy atom. The molecule has 1 aromatic heterocycles. The first kappa shape index (κ1) is 10.6. The SMILES string of the molecule is CCO/C=C/c1ccc2cnc(F)cc2c1. The van der Waals surface area contributed by atoms with Gasteiger partial charge in [0, 0.05) is 17.6 Å². The maximum absolute atomic E-state index is 12.9. The number of nitrogens with zero attached hydrogens (tertiary/aromatic N) is 1. The molecule has 2 aromatic rings. The van der Waals surface area contributed by atoms with Crippen molar-refractivity contribution < 1.29 is 9.13 Å². The van der Waals surface area contributed by atoms with Gasteiger partial charge in [0.1, 0.15) is 0 Å². The summed E-state index contributed by atoms with van der Waals surface area (Å²) in [5.74, 6) is -0.460. The standard InChI is InChI=1S/C13H12FNO/c1-2-16-6-5-10-3-4-11-9-15-13(14)8-12(11)7-10/h3-9H,2H2,1H3/b6-5+. The van der Waals surface area contributed by atoms with Crippen molar-refractivity contribution in [2.24, 2.45) is 0 Å². The van der Waals surface area contributed by atoms with Crippen molar-refractivity contribution in [1.82, 2.24) is 4.98 Å². The molecule has 0 fully saturated rings. The van der Waals surface area contributed by atoms with E-state index in [1.54, 1.807) is 6.26 Å². The van der Waals surface area contributed by atoms with Gasteiger partial charge in [0.25, 0.3) is 0 Å². The van der Waals surface area contributed by atoms with Crippen molar-refractivity contribution in [1.29, 1.82) is 0 Å². The molecule has 0 aliphatic carbocycles. The Bertz CT molecular complexity index is 522. The summed E-state index contributed by atoms with van der Waals surface area (Å²) in [7, 11) is 0. The van der Waals surface area contributed by atoms with Crippen LogP contribution >= 0.6 is 0 Å². The highest BCUT2D eigenvalue weighted by Gasteiger charge is 1.97. The van der Waals surface area contributed by atoms with Gasteiger partial charge in [-0.3, -0.25) is 0 Å². The molecule has 0 N–H and O–H groups in total. The number of fused-ring (bicyclic) bond motifs is 1. The van der Waals surface area contributed by atoms with Crippen molar-refractivity contribution in [2.75, 3.05) is 6.61 Å². The molecule has 1 aromatic carbocycles. The molecular formula is C13H12FNO. The Kier molecular flexibility index (Phi) is 3.15. The lowest BCUT2D eigenvalue weighted by Gasteiger charge is -1.99. The van der Waals surface area contributed by atoms with E-state index in [4.69, 9.17) is 4.74 Å². The van der Waals surface area contributed by atoms with E-state index in [2.05, 4.69) is 4.98 Å². The van der Waals surface area contributed by atoms with Gasteiger partial charge in [-0.1, -0.05) is 12.1 Å². The summed E-state index contributed by atoms with van der Waals surface area (Å²) in [6.07, 6.45) is 5.01. The maximum Gasteiger partial charge on any atom is 0.213 e. The Balaban J connectivity index is 2.35. The van der Waals surface area contributed by atoms with Crippen LogP contribution in [0.1, 0.15) is 12.5 Å². The first-order chi connectivity index (χ1) is 7.79. The van der Waals surface area contributed by atoms with Crippen molar-refractivity contribution in [2.45, 2.75) is 6.92 Å². The van der Waals surface area contributed by atoms with Gasteiger partial charge in [-0.15, -0.1) is 0 Å². The molecule has 0 radical (unpaired) electrons. The lowest BCUT2D eigenvalue weighted by Crippen LogP contribution is -1.83. The number of hydrogen-bond donors (Lipinski definition) is 0. The third-order valence-electron chi connectivity index (χ3n) is 2.24. The molecule has 16 heavy (non-hydrogen) atoms. The number of aromatic nitrogens is 1. The van der Waals surface area contributed by atoms with Gasteiger partial charge in [0.2, 0.25) is 5.95 Å². The van der Waals surface area contributed by atoms with Crippen molar-refractivity contribution in [3.63, 3.8) is 0 Å². The number of halogens is 1.